The molecule has 1 saturated carbocycles. The molecule has 0 bridgehead atoms. The van der Waals surface area contributed by atoms with Crippen LogP contribution in [-0.4, -0.2) is 30.1 Å². The van der Waals surface area contributed by atoms with Crippen LogP contribution in [0.4, 0.5) is 0 Å². The summed E-state index contributed by atoms with van der Waals surface area (Å²) in [6, 6.07) is 10.9. The molecule has 0 amide bonds. The van der Waals surface area contributed by atoms with Crippen LogP contribution in [0, 0.1) is 0 Å². The van der Waals surface area contributed by atoms with Crippen molar-refractivity contribution in [2.75, 3.05) is 13.1 Å². The number of rotatable bonds is 5. The molecule has 0 radical (unpaired) electrons. The first-order chi connectivity index (χ1) is 9.24. The third kappa shape index (κ3) is 3.39. The van der Waals surface area contributed by atoms with Gasteiger partial charge in [-0.25, -0.2) is 0 Å². The molecule has 1 saturated heterocycles. The van der Waals surface area contributed by atoms with Crippen molar-refractivity contribution in [2.45, 2.75) is 50.7 Å². The van der Waals surface area contributed by atoms with Gasteiger partial charge in [-0.15, -0.1) is 0 Å². The van der Waals surface area contributed by atoms with Crippen molar-refractivity contribution < 1.29 is 0 Å². The molecule has 2 atom stereocenters. The van der Waals surface area contributed by atoms with Crippen LogP contribution in [0.3, 0.4) is 0 Å². The van der Waals surface area contributed by atoms with Crippen LogP contribution in [0.2, 0.25) is 0 Å². The fraction of sp³-hybridized carbons (Fsp3) is 0.625. The molecule has 2 fully saturated rings. The van der Waals surface area contributed by atoms with E-state index in [1.165, 1.54) is 48.8 Å². The Balaban J connectivity index is 1.69. The molecule has 3 rings (SSSR count). The molecular formula is C16H23BrN2. The summed E-state index contributed by atoms with van der Waals surface area (Å²) in [5, 5.41) is 3.64. The lowest BCUT2D eigenvalue weighted by atomic mass is 10.1. The summed E-state index contributed by atoms with van der Waals surface area (Å²) in [5.74, 6) is 0. The second-order valence-corrected chi connectivity index (χ2v) is 6.86. The van der Waals surface area contributed by atoms with Crippen molar-refractivity contribution in [1.82, 2.24) is 10.2 Å². The molecule has 19 heavy (non-hydrogen) atoms. The lowest BCUT2D eigenvalue weighted by Gasteiger charge is -2.32. The predicted octanol–water partition coefficient (Wildman–Crippen LogP) is 3.73. The first kappa shape index (κ1) is 13.6. The van der Waals surface area contributed by atoms with Crippen LogP contribution >= 0.6 is 15.9 Å². The molecule has 1 aromatic rings. The topological polar surface area (TPSA) is 15.3 Å². The standard InChI is InChI=1S/C16H23BrN2/c1-12(13-4-6-14(17)7-5-13)19(16-8-9-16)11-15-3-2-10-18-15/h4-7,12,15-16,18H,2-3,8-11H2,1H3. The monoisotopic (exact) mass is 322 g/mol. The first-order valence-electron chi connectivity index (χ1n) is 7.48. The summed E-state index contributed by atoms with van der Waals surface area (Å²) >= 11 is 3.52. The summed E-state index contributed by atoms with van der Waals surface area (Å²) in [4.78, 5) is 2.71. The van der Waals surface area contributed by atoms with E-state index in [1.807, 2.05) is 0 Å². The maximum atomic E-state index is 3.64. The molecule has 1 aliphatic carbocycles. The third-order valence-electron chi connectivity index (χ3n) is 4.46. The van der Waals surface area contributed by atoms with Gasteiger partial charge in [0.2, 0.25) is 0 Å². The lowest BCUT2D eigenvalue weighted by Crippen LogP contribution is -2.40. The minimum absolute atomic E-state index is 0.531. The van der Waals surface area contributed by atoms with Gasteiger partial charge >= 0.3 is 0 Å². The molecular weight excluding hydrogens is 300 g/mol. The minimum Gasteiger partial charge on any atom is -0.313 e. The van der Waals surface area contributed by atoms with E-state index in [9.17, 15) is 0 Å². The van der Waals surface area contributed by atoms with Gasteiger partial charge in [0.25, 0.3) is 0 Å². The van der Waals surface area contributed by atoms with E-state index in [0.717, 1.165) is 6.04 Å². The Kier molecular flexibility index (Phi) is 4.25. The minimum atomic E-state index is 0.531. The highest BCUT2D eigenvalue weighted by Crippen LogP contribution is 2.35. The average Bonchev–Trinajstić information content (AvgIpc) is 3.13. The molecule has 2 unspecified atom stereocenters. The molecule has 1 N–H and O–H groups in total. The van der Waals surface area contributed by atoms with Crippen LogP contribution in [0.5, 0.6) is 0 Å². The van der Waals surface area contributed by atoms with Crippen molar-refractivity contribution in [1.29, 1.82) is 0 Å². The largest absolute Gasteiger partial charge is 0.313 e. The van der Waals surface area contributed by atoms with Crippen LogP contribution in [0.1, 0.15) is 44.2 Å². The number of nitrogens with zero attached hydrogens (tertiary/aromatic N) is 1. The Morgan fingerprint density at radius 2 is 2.00 bits per heavy atom. The third-order valence-corrected chi connectivity index (χ3v) is 4.99. The molecule has 2 aliphatic rings. The number of nitrogens with one attached hydrogen (secondary N) is 1. The number of benzene rings is 1. The van der Waals surface area contributed by atoms with E-state index in [1.54, 1.807) is 0 Å². The second-order valence-electron chi connectivity index (χ2n) is 5.95. The van der Waals surface area contributed by atoms with E-state index < -0.39 is 0 Å². The Morgan fingerprint density at radius 1 is 1.26 bits per heavy atom. The molecule has 3 heteroatoms. The van der Waals surface area contributed by atoms with E-state index in [2.05, 4.69) is 57.3 Å². The van der Waals surface area contributed by atoms with Gasteiger partial charge in [0, 0.05) is 29.1 Å². The van der Waals surface area contributed by atoms with Crippen molar-refractivity contribution in [2.24, 2.45) is 0 Å². The summed E-state index contributed by atoms with van der Waals surface area (Å²) < 4.78 is 1.17. The summed E-state index contributed by atoms with van der Waals surface area (Å²) in [6.07, 6.45) is 5.45. The van der Waals surface area contributed by atoms with Gasteiger partial charge in [0.1, 0.15) is 0 Å². The highest BCUT2D eigenvalue weighted by atomic mass is 79.9. The number of hydrogen-bond acceptors (Lipinski definition) is 2. The Labute approximate surface area is 124 Å². The average molecular weight is 323 g/mol. The molecule has 2 nitrogen and oxygen atoms in total. The van der Waals surface area contributed by atoms with Gasteiger partial charge in [-0.1, -0.05) is 28.1 Å². The summed E-state index contributed by atoms with van der Waals surface area (Å²) in [6.45, 7) is 4.77. The summed E-state index contributed by atoms with van der Waals surface area (Å²) in [5.41, 5.74) is 1.44. The fourth-order valence-electron chi connectivity index (χ4n) is 3.13. The SMILES string of the molecule is CC(c1ccc(Br)cc1)N(CC1CCCN1)C1CC1. The van der Waals surface area contributed by atoms with Crippen LogP contribution in [0.15, 0.2) is 28.7 Å². The maximum absolute atomic E-state index is 3.64. The highest BCUT2D eigenvalue weighted by Gasteiger charge is 2.34. The normalized spacial score (nSPS) is 24.9. The number of hydrogen-bond donors (Lipinski definition) is 1. The van der Waals surface area contributed by atoms with Gasteiger partial charge in [-0.2, -0.15) is 0 Å². The van der Waals surface area contributed by atoms with Gasteiger partial charge < -0.3 is 5.32 Å². The van der Waals surface area contributed by atoms with E-state index in [-0.39, 0.29) is 0 Å². The molecule has 1 aromatic carbocycles. The van der Waals surface area contributed by atoms with Crippen molar-refractivity contribution in [3.63, 3.8) is 0 Å². The van der Waals surface area contributed by atoms with Gasteiger partial charge in [-0.3, -0.25) is 4.90 Å². The quantitative estimate of drug-likeness (QED) is 0.888. The van der Waals surface area contributed by atoms with E-state index >= 15 is 0 Å². The zero-order valence-electron chi connectivity index (χ0n) is 11.6. The molecule has 0 spiro atoms. The molecule has 0 aromatic heterocycles. The van der Waals surface area contributed by atoms with Gasteiger partial charge in [-0.05, 0) is 56.8 Å². The Bertz CT molecular complexity index is 407. The van der Waals surface area contributed by atoms with Crippen molar-refractivity contribution >= 4 is 15.9 Å². The predicted molar refractivity (Wildman–Crippen MR) is 83.3 cm³/mol. The van der Waals surface area contributed by atoms with E-state index in [4.69, 9.17) is 0 Å². The van der Waals surface area contributed by atoms with Crippen LogP contribution in [-0.2, 0) is 0 Å². The van der Waals surface area contributed by atoms with Crippen LogP contribution < -0.4 is 5.32 Å². The zero-order chi connectivity index (χ0) is 13.2. The highest BCUT2D eigenvalue weighted by molar-refractivity contribution is 9.10. The fourth-order valence-corrected chi connectivity index (χ4v) is 3.39. The zero-order valence-corrected chi connectivity index (χ0v) is 13.2. The maximum Gasteiger partial charge on any atom is 0.0323 e. The second kappa shape index (κ2) is 5.94. The van der Waals surface area contributed by atoms with Gasteiger partial charge in [0.05, 0.1) is 0 Å². The molecule has 1 aliphatic heterocycles. The smallest absolute Gasteiger partial charge is 0.0323 e. The van der Waals surface area contributed by atoms with Gasteiger partial charge in [0.15, 0.2) is 0 Å². The van der Waals surface area contributed by atoms with Crippen molar-refractivity contribution in [3.05, 3.63) is 34.3 Å². The lowest BCUT2D eigenvalue weighted by molar-refractivity contribution is 0.182. The Hall–Kier alpha value is -0.380. The van der Waals surface area contributed by atoms with Crippen LogP contribution in [0.25, 0.3) is 0 Å². The Morgan fingerprint density at radius 3 is 2.58 bits per heavy atom. The molecule has 1 heterocycles. The first-order valence-corrected chi connectivity index (χ1v) is 8.28. The molecule has 104 valence electrons. The van der Waals surface area contributed by atoms with E-state index in [0.29, 0.717) is 12.1 Å². The number of halogens is 1. The summed E-state index contributed by atoms with van der Waals surface area (Å²) in [7, 11) is 0. The van der Waals surface area contributed by atoms with Crippen molar-refractivity contribution in [3.8, 4) is 0 Å².